The van der Waals surface area contributed by atoms with Gasteiger partial charge in [-0.25, -0.2) is 9.36 Å². The highest BCUT2D eigenvalue weighted by Crippen LogP contribution is 2.47. The lowest BCUT2D eigenvalue weighted by atomic mass is 9.96. The molecule has 2 unspecified atom stereocenters. The molecule has 0 bridgehead atoms. The molecule has 13 nitrogen and oxygen atoms in total. The molecule has 0 spiro atoms. The molecule has 1 aromatic rings. The highest BCUT2D eigenvalue weighted by molar-refractivity contribution is 8.39. The van der Waals surface area contributed by atoms with Crippen LogP contribution in [0.2, 0.25) is 0 Å². The fraction of sp³-hybridized carbons (Fsp3) is 0.636. The van der Waals surface area contributed by atoms with E-state index >= 15 is 0 Å². The maximum atomic E-state index is 12.1. The maximum Gasteiger partial charge on any atom is 0.469 e. The first-order valence-electron chi connectivity index (χ1n) is 7.35. The van der Waals surface area contributed by atoms with Gasteiger partial charge in [0.05, 0.1) is 6.61 Å². The second-order valence-electron chi connectivity index (χ2n) is 5.56. The number of nitrogens with one attached hydrogen (secondary N) is 1. The quantitative estimate of drug-likeness (QED) is 0.232. The van der Waals surface area contributed by atoms with Crippen LogP contribution in [-0.2, 0) is 27.7 Å². The number of ether oxygens (including phenoxy) is 2. The minimum Gasteiger partial charge on any atom is -0.374 e. The van der Waals surface area contributed by atoms with Crippen LogP contribution in [0.15, 0.2) is 21.9 Å². The van der Waals surface area contributed by atoms with Crippen molar-refractivity contribution in [3.8, 4) is 0 Å². The van der Waals surface area contributed by atoms with Crippen molar-refractivity contribution in [2.75, 3.05) is 20.3 Å². The van der Waals surface area contributed by atoms with E-state index in [-0.39, 0.29) is 0 Å². The van der Waals surface area contributed by atoms with Crippen molar-refractivity contribution in [3.05, 3.63) is 33.1 Å². The predicted octanol–water partition coefficient (Wildman–Crippen LogP) is -1.41. The summed E-state index contributed by atoms with van der Waals surface area (Å²) in [6, 6.07) is 1.06. The number of hydrogen-bond acceptors (Lipinski definition) is 9. The largest absolute Gasteiger partial charge is 0.469 e. The second kappa shape index (κ2) is 8.70. The Labute approximate surface area is 158 Å². The van der Waals surface area contributed by atoms with Crippen LogP contribution < -0.4 is 17.0 Å². The number of phosphoric ester groups is 1. The number of rotatable bonds is 8. The number of aromatic amines is 1. The van der Waals surface area contributed by atoms with Crippen molar-refractivity contribution in [1.29, 1.82) is 0 Å². The van der Waals surface area contributed by atoms with Crippen molar-refractivity contribution in [1.82, 2.24) is 9.55 Å². The number of H-pyrrole nitrogens is 1. The Morgan fingerprint density at radius 2 is 2.19 bits per heavy atom. The number of phosphoric acid groups is 1. The van der Waals surface area contributed by atoms with Crippen molar-refractivity contribution >= 4 is 27.3 Å². The number of thiol groups is 1. The summed E-state index contributed by atoms with van der Waals surface area (Å²) >= 11 is 3.71. The van der Waals surface area contributed by atoms with Crippen LogP contribution in [0.25, 0.3) is 0 Å². The third-order valence-corrected chi connectivity index (χ3v) is 5.14. The molecule has 0 aromatic carbocycles. The molecule has 0 saturated carbocycles. The standard InChI is InChI=1S/C11H19N3O10P2S/c1-21-7-8(24-25(17)27)11(4-12,5-22-26(18,19)20)23-9(7)14-3-2-6(15)13-10(14)16/h2-3,7-9,25H,4-5,12H2,1H3,(H,17,27)(H,13,15,16)(H2,18,19,20)/t7-,8?,9+,11+/m0/s1. The van der Waals surface area contributed by atoms with Crippen molar-refractivity contribution in [2.45, 2.75) is 24.0 Å². The van der Waals surface area contributed by atoms with E-state index in [4.69, 9.17) is 29.5 Å². The van der Waals surface area contributed by atoms with Gasteiger partial charge < -0.3 is 29.5 Å². The third kappa shape index (κ3) is 5.18. The van der Waals surface area contributed by atoms with Crippen LogP contribution in [0.3, 0.4) is 0 Å². The van der Waals surface area contributed by atoms with Gasteiger partial charge in [0.2, 0.25) is 7.23 Å². The first kappa shape index (κ1) is 22.5. The van der Waals surface area contributed by atoms with Crippen LogP contribution >= 0.6 is 27.3 Å². The van der Waals surface area contributed by atoms with E-state index < -0.39 is 63.5 Å². The van der Waals surface area contributed by atoms with E-state index in [1.54, 1.807) is 0 Å². The second-order valence-corrected chi connectivity index (χ2v) is 8.67. The van der Waals surface area contributed by atoms with E-state index in [1.165, 1.54) is 7.11 Å². The molecule has 27 heavy (non-hydrogen) atoms. The molecule has 0 radical (unpaired) electrons. The number of nitrogens with two attached hydrogens (primary N) is 1. The van der Waals surface area contributed by atoms with Crippen molar-refractivity contribution < 1.29 is 37.4 Å². The highest BCUT2D eigenvalue weighted by Gasteiger charge is 2.58. The van der Waals surface area contributed by atoms with Gasteiger partial charge in [0.1, 0.15) is 17.8 Å². The van der Waals surface area contributed by atoms with Crippen molar-refractivity contribution in [3.63, 3.8) is 0 Å². The maximum absolute atomic E-state index is 12.1. The first-order chi connectivity index (χ1) is 12.5. The smallest absolute Gasteiger partial charge is 0.374 e. The van der Waals surface area contributed by atoms with Crippen molar-refractivity contribution in [2.24, 2.45) is 5.73 Å². The molecule has 1 aliphatic heterocycles. The zero-order valence-corrected chi connectivity index (χ0v) is 16.7. The van der Waals surface area contributed by atoms with Gasteiger partial charge in [-0.15, -0.1) is 0 Å². The minimum atomic E-state index is -4.91. The Kier molecular flexibility index (Phi) is 7.25. The van der Waals surface area contributed by atoms with E-state index in [2.05, 4.69) is 16.8 Å². The molecule has 5 N–H and O–H groups in total. The normalized spacial score (nSPS) is 29.7. The molecular formula is C11H19N3O10P2S. The lowest BCUT2D eigenvalue weighted by Crippen LogP contribution is -2.53. The zero-order chi connectivity index (χ0) is 20.4. The van der Waals surface area contributed by atoms with Gasteiger partial charge >= 0.3 is 13.5 Å². The molecule has 1 aliphatic rings. The molecule has 0 amide bonds. The molecule has 0 aliphatic carbocycles. The van der Waals surface area contributed by atoms with Gasteiger partial charge in [0.15, 0.2) is 6.23 Å². The molecule has 2 heterocycles. The summed E-state index contributed by atoms with van der Waals surface area (Å²) in [5, 5.41) is 0. The highest BCUT2D eigenvalue weighted by atomic mass is 32.7. The van der Waals surface area contributed by atoms with E-state index in [9.17, 15) is 18.7 Å². The number of methoxy groups -OCH3 is 1. The predicted molar refractivity (Wildman–Crippen MR) is 94.9 cm³/mol. The summed E-state index contributed by atoms with van der Waals surface area (Å²) < 4.78 is 44.5. The summed E-state index contributed by atoms with van der Waals surface area (Å²) in [7, 11) is -6.54. The fourth-order valence-corrected chi connectivity index (χ4v) is 4.02. The van der Waals surface area contributed by atoms with Crippen LogP contribution in [0.4, 0.5) is 0 Å². The third-order valence-electron chi connectivity index (χ3n) is 3.90. The number of aromatic nitrogens is 2. The van der Waals surface area contributed by atoms with Crippen LogP contribution in [0.5, 0.6) is 0 Å². The van der Waals surface area contributed by atoms with Crippen LogP contribution in [-0.4, -0.2) is 57.4 Å². The average molecular weight is 447 g/mol. The summed E-state index contributed by atoms with van der Waals surface area (Å²) in [5.41, 5.74) is 2.51. The fourth-order valence-electron chi connectivity index (χ4n) is 2.72. The Morgan fingerprint density at radius 1 is 1.52 bits per heavy atom. The van der Waals surface area contributed by atoms with Crippen LogP contribution in [0, 0.1) is 0 Å². The summed E-state index contributed by atoms with van der Waals surface area (Å²) in [5.74, 6) is 0. The van der Waals surface area contributed by atoms with Gasteiger partial charge in [-0.1, -0.05) is 12.2 Å². The van der Waals surface area contributed by atoms with Gasteiger partial charge in [0.25, 0.3) is 5.56 Å². The lowest BCUT2D eigenvalue weighted by molar-refractivity contribution is -0.117. The van der Waals surface area contributed by atoms with E-state index in [0.29, 0.717) is 0 Å². The SMILES string of the molecule is CO[C@H]1C(O[PH](=O)S)[C@@](CN)(COP(=O)(O)O)O[C@H]1n1ccc(=O)[nH]c1=O. The zero-order valence-electron chi connectivity index (χ0n) is 13.9. The molecule has 1 fully saturated rings. The van der Waals surface area contributed by atoms with Gasteiger partial charge in [-0.3, -0.25) is 23.4 Å². The van der Waals surface area contributed by atoms with Crippen LogP contribution in [0.1, 0.15) is 6.23 Å². The summed E-state index contributed by atoms with van der Waals surface area (Å²) in [6.07, 6.45) is -2.46. The number of hydrogen-bond donors (Lipinski definition) is 5. The number of nitrogens with zero attached hydrogens (tertiary/aromatic N) is 1. The topological polar surface area (TPSA) is 192 Å². The molecule has 16 heteroatoms. The average Bonchev–Trinajstić information content (AvgIpc) is 2.85. The van der Waals surface area contributed by atoms with Gasteiger partial charge in [-0.2, -0.15) is 0 Å². The monoisotopic (exact) mass is 447 g/mol. The lowest BCUT2D eigenvalue weighted by Gasteiger charge is -2.32. The van der Waals surface area contributed by atoms with E-state index in [1.807, 2.05) is 4.98 Å². The Bertz CT molecular complexity index is 855. The molecule has 1 aromatic heterocycles. The molecule has 154 valence electrons. The van der Waals surface area contributed by atoms with Gasteiger partial charge in [-0.05, 0) is 0 Å². The van der Waals surface area contributed by atoms with E-state index in [0.717, 1.165) is 16.8 Å². The minimum absolute atomic E-state index is 0.394. The Hall–Kier alpha value is -0.790. The van der Waals surface area contributed by atoms with Gasteiger partial charge in [0, 0.05) is 25.9 Å². The molecular weight excluding hydrogens is 428 g/mol. The Morgan fingerprint density at radius 3 is 2.67 bits per heavy atom. The summed E-state index contributed by atoms with van der Waals surface area (Å²) in [4.78, 5) is 43.4. The Balaban J connectivity index is 2.51. The molecule has 2 rings (SSSR count). The molecule has 1 saturated heterocycles. The first-order valence-corrected chi connectivity index (χ1v) is 11.5. The molecule has 5 atom stereocenters. The summed E-state index contributed by atoms with van der Waals surface area (Å²) in [6.45, 7) is -1.15.